The summed E-state index contributed by atoms with van der Waals surface area (Å²) >= 11 is 0. The predicted octanol–water partition coefficient (Wildman–Crippen LogP) is 2.42. The summed E-state index contributed by atoms with van der Waals surface area (Å²) in [6.07, 6.45) is -0.641. The lowest BCUT2D eigenvalue weighted by Crippen LogP contribution is -2.34. The summed E-state index contributed by atoms with van der Waals surface area (Å²) in [7, 11) is -4.04. The minimum absolute atomic E-state index is 0.186. The van der Waals surface area contributed by atoms with Crippen LogP contribution in [-0.2, 0) is 14.8 Å². The number of carbonyl (C=O) groups excluding carboxylic acids is 1. The average molecular weight is 377 g/mol. The van der Waals surface area contributed by atoms with Crippen molar-refractivity contribution in [1.29, 1.82) is 0 Å². The molecule has 0 aromatic heterocycles. The molecule has 1 amide bonds. The monoisotopic (exact) mass is 377 g/mol. The number of aryl methyl sites for hydroxylation is 1. The van der Waals surface area contributed by atoms with E-state index in [9.17, 15) is 23.3 Å². The van der Waals surface area contributed by atoms with Crippen molar-refractivity contribution in [3.05, 3.63) is 52.1 Å². The van der Waals surface area contributed by atoms with Crippen molar-refractivity contribution < 1.29 is 22.9 Å². The molecule has 0 saturated carbocycles. The Labute approximate surface area is 149 Å². The van der Waals surface area contributed by atoms with E-state index in [-0.39, 0.29) is 22.2 Å². The number of amides is 1. The molecular weight excluding hydrogens is 362 g/mol. The number of benzene rings is 2. The van der Waals surface area contributed by atoms with E-state index < -0.39 is 21.1 Å². The van der Waals surface area contributed by atoms with Gasteiger partial charge in [-0.2, -0.15) is 0 Å². The van der Waals surface area contributed by atoms with Crippen LogP contribution in [0.3, 0.4) is 0 Å². The maximum Gasteiger partial charge on any atom is 0.273 e. The van der Waals surface area contributed by atoms with Gasteiger partial charge in [-0.3, -0.25) is 19.6 Å². The average Bonchev–Trinajstić information content (AvgIpc) is 2.56. The predicted molar refractivity (Wildman–Crippen MR) is 93.8 cm³/mol. The van der Waals surface area contributed by atoms with Gasteiger partial charge in [0.1, 0.15) is 5.75 Å². The van der Waals surface area contributed by atoms with Crippen LogP contribution in [0.15, 0.2) is 41.3 Å². The quantitative estimate of drug-likeness (QED) is 0.622. The summed E-state index contributed by atoms with van der Waals surface area (Å²) in [5.41, 5.74) is 0.596. The Hall–Kier alpha value is -3.14. The Kier molecular flexibility index (Phi) is 4.28. The lowest BCUT2D eigenvalue weighted by Gasteiger charge is -2.23. The van der Waals surface area contributed by atoms with E-state index in [0.717, 1.165) is 6.07 Å². The van der Waals surface area contributed by atoms with Crippen LogP contribution in [0.4, 0.5) is 17.1 Å². The van der Waals surface area contributed by atoms with E-state index in [1.54, 1.807) is 6.92 Å². The number of nitro groups is 1. The lowest BCUT2D eigenvalue weighted by atomic mass is 10.2. The van der Waals surface area contributed by atoms with Crippen LogP contribution in [0.2, 0.25) is 0 Å². The summed E-state index contributed by atoms with van der Waals surface area (Å²) < 4.78 is 32.8. The van der Waals surface area contributed by atoms with Gasteiger partial charge < -0.3 is 10.1 Å². The zero-order valence-corrected chi connectivity index (χ0v) is 14.7. The third-order valence-corrected chi connectivity index (χ3v) is 5.23. The molecule has 0 saturated heterocycles. The second-order valence-corrected chi connectivity index (χ2v) is 7.45. The molecule has 1 aliphatic heterocycles. The number of anilines is 2. The summed E-state index contributed by atoms with van der Waals surface area (Å²) in [6, 6.07) is 8.08. The third-order valence-electron chi connectivity index (χ3n) is 3.85. The van der Waals surface area contributed by atoms with Crippen molar-refractivity contribution >= 4 is 33.0 Å². The van der Waals surface area contributed by atoms with E-state index in [1.807, 2.05) is 0 Å². The van der Waals surface area contributed by atoms with Crippen LogP contribution in [0.1, 0.15) is 12.5 Å². The fraction of sp³-hybridized carbons (Fsp3) is 0.188. The SMILES string of the molecule is Cc1ccc(S(=O)(=O)Nc2ccc3c(c2)NC(=O)[C@@H](C)O3)cc1[N+](=O)[O-]. The molecule has 10 heteroatoms. The van der Waals surface area contributed by atoms with E-state index >= 15 is 0 Å². The maximum absolute atomic E-state index is 12.5. The summed E-state index contributed by atoms with van der Waals surface area (Å²) in [4.78, 5) is 21.8. The number of fused-ring (bicyclic) bond motifs is 1. The molecule has 2 aromatic rings. The first-order valence-electron chi connectivity index (χ1n) is 7.57. The Morgan fingerprint density at radius 1 is 1.23 bits per heavy atom. The fourth-order valence-electron chi connectivity index (χ4n) is 2.44. The number of hydrogen-bond donors (Lipinski definition) is 2. The highest BCUT2D eigenvalue weighted by Crippen LogP contribution is 2.33. The Bertz CT molecular complexity index is 1020. The number of carbonyl (C=O) groups is 1. The number of nitro benzene ring substituents is 1. The molecule has 0 bridgehead atoms. The Morgan fingerprint density at radius 2 is 1.96 bits per heavy atom. The molecule has 0 spiro atoms. The largest absolute Gasteiger partial charge is 0.479 e. The topological polar surface area (TPSA) is 128 Å². The van der Waals surface area contributed by atoms with E-state index in [4.69, 9.17) is 4.74 Å². The van der Waals surface area contributed by atoms with Crippen molar-refractivity contribution in [3.8, 4) is 5.75 Å². The molecule has 1 atom stereocenters. The minimum atomic E-state index is -4.04. The number of sulfonamides is 1. The van der Waals surface area contributed by atoms with Crippen molar-refractivity contribution in [1.82, 2.24) is 0 Å². The first kappa shape index (κ1) is 17.7. The highest BCUT2D eigenvalue weighted by Gasteiger charge is 2.25. The van der Waals surface area contributed by atoms with E-state index in [0.29, 0.717) is 17.0 Å². The standard InChI is InChI=1S/C16H15N3O6S/c1-9-3-5-12(8-14(9)19(21)22)26(23,24)18-11-4-6-15-13(7-11)17-16(20)10(2)25-15/h3-8,10,18H,1-2H3,(H,17,20)/t10-/m1/s1. The van der Waals surface area contributed by atoms with Crippen LogP contribution in [0.25, 0.3) is 0 Å². The first-order chi connectivity index (χ1) is 12.2. The summed E-state index contributed by atoms with van der Waals surface area (Å²) in [6.45, 7) is 3.12. The van der Waals surface area contributed by atoms with Gasteiger partial charge in [0.25, 0.3) is 21.6 Å². The number of rotatable bonds is 4. The Morgan fingerprint density at radius 3 is 2.65 bits per heavy atom. The smallest absolute Gasteiger partial charge is 0.273 e. The van der Waals surface area contributed by atoms with Crippen LogP contribution in [0.5, 0.6) is 5.75 Å². The van der Waals surface area contributed by atoms with Gasteiger partial charge in [-0.05, 0) is 38.1 Å². The minimum Gasteiger partial charge on any atom is -0.479 e. The molecule has 26 heavy (non-hydrogen) atoms. The number of nitrogens with one attached hydrogen (secondary N) is 2. The molecule has 3 rings (SSSR count). The van der Waals surface area contributed by atoms with Gasteiger partial charge in [0, 0.05) is 11.6 Å². The molecule has 1 heterocycles. The lowest BCUT2D eigenvalue weighted by molar-refractivity contribution is -0.385. The molecule has 136 valence electrons. The molecule has 0 radical (unpaired) electrons. The van der Waals surface area contributed by atoms with Crippen LogP contribution < -0.4 is 14.8 Å². The Balaban J connectivity index is 1.91. The number of hydrogen-bond acceptors (Lipinski definition) is 6. The van der Waals surface area contributed by atoms with Crippen molar-refractivity contribution in [2.45, 2.75) is 24.8 Å². The van der Waals surface area contributed by atoms with Crippen LogP contribution >= 0.6 is 0 Å². The summed E-state index contributed by atoms with van der Waals surface area (Å²) in [5, 5.41) is 13.6. The molecule has 2 N–H and O–H groups in total. The number of nitrogens with zero attached hydrogens (tertiary/aromatic N) is 1. The van der Waals surface area contributed by atoms with Crippen molar-refractivity contribution in [3.63, 3.8) is 0 Å². The van der Waals surface area contributed by atoms with E-state index in [2.05, 4.69) is 10.0 Å². The fourth-order valence-corrected chi connectivity index (χ4v) is 3.51. The highest BCUT2D eigenvalue weighted by atomic mass is 32.2. The van der Waals surface area contributed by atoms with Crippen molar-refractivity contribution in [2.24, 2.45) is 0 Å². The molecule has 0 unspecified atom stereocenters. The zero-order chi connectivity index (χ0) is 19.1. The number of ether oxygens (including phenoxy) is 1. The van der Waals surface area contributed by atoms with Gasteiger partial charge >= 0.3 is 0 Å². The molecule has 0 fully saturated rings. The second kappa shape index (κ2) is 6.30. The zero-order valence-electron chi connectivity index (χ0n) is 13.8. The van der Waals surface area contributed by atoms with Gasteiger partial charge in [0.05, 0.1) is 21.2 Å². The molecule has 1 aliphatic rings. The van der Waals surface area contributed by atoms with Crippen LogP contribution in [0, 0.1) is 17.0 Å². The normalized spacial score (nSPS) is 16.2. The summed E-state index contributed by atoms with van der Waals surface area (Å²) in [5.74, 6) is 0.0812. The maximum atomic E-state index is 12.5. The van der Waals surface area contributed by atoms with Crippen molar-refractivity contribution in [2.75, 3.05) is 10.0 Å². The highest BCUT2D eigenvalue weighted by molar-refractivity contribution is 7.92. The van der Waals surface area contributed by atoms with Crippen LogP contribution in [-0.4, -0.2) is 25.4 Å². The van der Waals surface area contributed by atoms with Gasteiger partial charge in [0.2, 0.25) is 0 Å². The van der Waals surface area contributed by atoms with Gasteiger partial charge in [-0.25, -0.2) is 8.42 Å². The second-order valence-electron chi connectivity index (χ2n) is 5.77. The molecule has 0 aliphatic carbocycles. The third kappa shape index (κ3) is 3.31. The molecule has 9 nitrogen and oxygen atoms in total. The van der Waals surface area contributed by atoms with Gasteiger partial charge in [-0.15, -0.1) is 0 Å². The first-order valence-corrected chi connectivity index (χ1v) is 9.05. The molecular formula is C16H15N3O6S. The van der Waals surface area contributed by atoms with Gasteiger partial charge in [0.15, 0.2) is 6.10 Å². The van der Waals surface area contributed by atoms with E-state index in [1.165, 1.54) is 37.3 Å². The van der Waals surface area contributed by atoms with Gasteiger partial charge in [-0.1, -0.05) is 6.07 Å². The molecule has 2 aromatic carbocycles.